The number of aliphatic hydroxyl groups excluding tert-OH is 1. The molecule has 0 heterocycles. The number of amides is 1. The Hall–Kier alpha value is -1.51. The number of allylic oxidation sites excluding steroid dienone is 4. The Morgan fingerprint density at radius 1 is 0.500 bits per heavy atom. The van der Waals surface area contributed by atoms with Crippen molar-refractivity contribution in [1.29, 1.82) is 0 Å². The molecular weight excluding hydrogens is 774 g/mol. The number of hydrogen-bond acceptors (Lipinski definition) is 7. The van der Waals surface area contributed by atoms with E-state index in [0.29, 0.717) is 6.42 Å². The lowest BCUT2D eigenvalue weighted by Gasteiger charge is -2.15. The average Bonchev–Trinajstić information content (AvgIpc) is 3.23. The first-order valence-corrected chi connectivity index (χ1v) is 26.8. The Balaban J connectivity index is 3.54. The third-order valence-corrected chi connectivity index (χ3v) is 12.1. The highest BCUT2D eigenvalue weighted by atomic mass is 31.2. The Morgan fingerprint density at radius 2 is 0.850 bits per heavy atom. The van der Waals surface area contributed by atoms with Crippen LogP contribution in [-0.2, 0) is 27.9 Å². The van der Waals surface area contributed by atoms with Gasteiger partial charge in [-0.2, -0.15) is 0 Å². The molecule has 0 saturated carbocycles. The van der Waals surface area contributed by atoms with Crippen molar-refractivity contribution in [1.82, 2.24) is 5.32 Å². The van der Waals surface area contributed by atoms with Crippen molar-refractivity contribution in [2.45, 2.75) is 258 Å². The van der Waals surface area contributed by atoms with Crippen LogP contribution in [0.4, 0.5) is 0 Å². The van der Waals surface area contributed by atoms with E-state index in [1.54, 1.807) is 0 Å². The third-order valence-electron chi connectivity index (χ3n) is 11.1. The summed E-state index contributed by atoms with van der Waals surface area (Å²) in [5.74, 6) is -0.513. The van der Waals surface area contributed by atoms with Crippen molar-refractivity contribution >= 4 is 19.7 Å². The molecule has 354 valence electrons. The van der Waals surface area contributed by atoms with Crippen LogP contribution in [0.2, 0.25) is 0 Å². The summed E-state index contributed by atoms with van der Waals surface area (Å²) in [5.41, 5.74) is 0. The molecule has 0 radical (unpaired) electrons. The van der Waals surface area contributed by atoms with Gasteiger partial charge in [0.2, 0.25) is 5.91 Å². The van der Waals surface area contributed by atoms with Gasteiger partial charge in [-0.1, -0.05) is 199 Å². The van der Waals surface area contributed by atoms with Gasteiger partial charge in [0.25, 0.3) is 0 Å². The summed E-state index contributed by atoms with van der Waals surface area (Å²) in [6, 6.07) is 0. The molecule has 0 aromatic rings. The second-order valence-electron chi connectivity index (χ2n) is 17.1. The number of esters is 1. The number of hydrogen-bond donors (Lipinski definition) is 3. The monoisotopic (exact) mass is 870 g/mol. The van der Waals surface area contributed by atoms with Gasteiger partial charge < -0.3 is 20.1 Å². The van der Waals surface area contributed by atoms with E-state index in [0.717, 1.165) is 38.5 Å². The van der Waals surface area contributed by atoms with Gasteiger partial charge in [0.05, 0.1) is 13.2 Å². The molecule has 0 bridgehead atoms. The molecule has 60 heavy (non-hydrogen) atoms. The van der Waals surface area contributed by atoms with Crippen molar-refractivity contribution in [2.75, 3.05) is 26.4 Å². The first-order chi connectivity index (χ1) is 29.3. The molecule has 10 heteroatoms. The largest absolute Gasteiger partial charge is 0.472 e. The number of nitrogens with one attached hydrogen (secondary N) is 1. The number of phosphoric acid groups is 1. The van der Waals surface area contributed by atoms with Crippen LogP contribution in [0.1, 0.15) is 251 Å². The van der Waals surface area contributed by atoms with Crippen LogP contribution in [0.25, 0.3) is 0 Å². The molecule has 0 aliphatic rings. The molecule has 9 nitrogen and oxygen atoms in total. The Morgan fingerprint density at radius 3 is 1.25 bits per heavy atom. The standard InChI is InChI=1S/C50H96NO8P/c1-3-5-7-9-11-13-15-17-19-21-23-24-25-26-28-30-32-34-36-38-40-42-49(53)51-44-45-58-60(55,56)59-47-48(52)46-57-50(54)43-41-39-37-35-33-31-29-27-22-20-18-16-14-12-10-8-6-4-2/h17,19-20,22,48,52H,3-16,18,21,23-47H2,1-2H3,(H,51,53)(H,55,56)/b19-17+,22-20-. The zero-order valence-corrected chi connectivity index (χ0v) is 40.1. The first kappa shape index (κ1) is 58.5. The predicted octanol–water partition coefficient (Wildman–Crippen LogP) is 14.7. The number of ether oxygens (including phenoxy) is 1. The fourth-order valence-corrected chi connectivity index (χ4v) is 8.01. The number of aliphatic hydroxyl groups is 1. The van der Waals surface area contributed by atoms with E-state index in [4.69, 9.17) is 13.8 Å². The SMILES string of the molecule is CCCCCCCC/C=C/CCCCCCCCCCCCCC(=O)NCCOP(=O)(O)OCC(O)COC(=O)CCCCCCCCC/C=C\CCCCCCCCC. The molecule has 0 spiro atoms. The molecular formula is C50H96NO8P. The summed E-state index contributed by atoms with van der Waals surface area (Å²) in [7, 11) is -4.42. The number of phosphoric ester groups is 1. The summed E-state index contributed by atoms with van der Waals surface area (Å²) in [4.78, 5) is 34.0. The number of rotatable bonds is 48. The summed E-state index contributed by atoms with van der Waals surface area (Å²) in [5, 5.41) is 12.7. The highest BCUT2D eigenvalue weighted by molar-refractivity contribution is 7.47. The Kier molecular flexibility index (Phi) is 45.8. The summed E-state index contributed by atoms with van der Waals surface area (Å²) in [6.07, 6.45) is 52.6. The maximum Gasteiger partial charge on any atom is 0.472 e. The van der Waals surface area contributed by atoms with Gasteiger partial charge in [-0.05, 0) is 64.2 Å². The molecule has 0 aromatic carbocycles. The lowest BCUT2D eigenvalue weighted by atomic mass is 10.0. The van der Waals surface area contributed by atoms with Crippen LogP contribution in [-0.4, -0.2) is 54.3 Å². The lowest BCUT2D eigenvalue weighted by molar-refractivity contribution is -0.147. The number of carbonyl (C=O) groups excluding carboxylic acids is 2. The van der Waals surface area contributed by atoms with Crippen molar-refractivity contribution in [3.8, 4) is 0 Å². The van der Waals surface area contributed by atoms with Crippen LogP contribution in [0.15, 0.2) is 24.3 Å². The molecule has 0 aliphatic carbocycles. The summed E-state index contributed by atoms with van der Waals surface area (Å²) in [6.45, 7) is 3.58. The molecule has 0 fully saturated rings. The molecule has 1 amide bonds. The fourth-order valence-electron chi connectivity index (χ4n) is 7.25. The van der Waals surface area contributed by atoms with Crippen LogP contribution < -0.4 is 5.32 Å². The summed E-state index contributed by atoms with van der Waals surface area (Å²) >= 11 is 0. The quantitative estimate of drug-likeness (QED) is 0.0238. The highest BCUT2D eigenvalue weighted by Crippen LogP contribution is 2.42. The molecule has 2 atom stereocenters. The summed E-state index contributed by atoms with van der Waals surface area (Å²) < 4.78 is 27.0. The number of unbranched alkanes of at least 4 members (excludes halogenated alkanes) is 31. The molecule has 3 N–H and O–H groups in total. The lowest BCUT2D eigenvalue weighted by Crippen LogP contribution is -2.27. The van der Waals surface area contributed by atoms with Gasteiger partial charge in [0, 0.05) is 19.4 Å². The van der Waals surface area contributed by atoms with Gasteiger partial charge in [-0.3, -0.25) is 18.6 Å². The van der Waals surface area contributed by atoms with E-state index in [-0.39, 0.29) is 32.1 Å². The zero-order valence-electron chi connectivity index (χ0n) is 39.2. The molecule has 2 unspecified atom stereocenters. The Bertz CT molecular complexity index is 1040. The first-order valence-electron chi connectivity index (χ1n) is 25.3. The van der Waals surface area contributed by atoms with E-state index in [1.165, 1.54) is 186 Å². The third kappa shape index (κ3) is 47.5. The van der Waals surface area contributed by atoms with E-state index in [9.17, 15) is 24.2 Å². The van der Waals surface area contributed by atoms with E-state index in [1.807, 2.05) is 0 Å². The van der Waals surface area contributed by atoms with Crippen LogP contribution in [0.3, 0.4) is 0 Å². The maximum atomic E-state index is 12.1. The van der Waals surface area contributed by atoms with Crippen LogP contribution >= 0.6 is 7.82 Å². The van der Waals surface area contributed by atoms with Crippen LogP contribution in [0, 0.1) is 0 Å². The van der Waals surface area contributed by atoms with Crippen molar-refractivity contribution < 1.29 is 37.9 Å². The topological polar surface area (TPSA) is 131 Å². The fraction of sp³-hybridized carbons (Fsp3) is 0.880. The molecule has 0 saturated heterocycles. The second kappa shape index (κ2) is 47.0. The minimum Gasteiger partial charge on any atom is -0.463 e. The van der Waals surface area contributed by atoms with E-state index < -0.39 is 26.5 Å². The highest BCUT2D eigenvalue weighted by Gasteiger charge is 2.23. The van der Waals surface area contributed by atoms with Gasteiger partial charge in [-0.25, -0.2) is 4.57 Å². The van der Waals surface area contributed by atoms with E-state index in [2.05, 4.69) is 43.5 Å². The zero-order chi connectivity index (χ0) is 43.9. The van der Waals surface area contributed by atoms with Gasteiger partial charge in [0.1, 0.15) is 12.7 Å². The van der Waals surface area contributed by atoms with Gasteiger partial charge in [0.15, 0.2) is 0 Å². The average molecular weight is 870 g/mol. The molecule has 0 rings (SSSR count). The van der Waals surface area contributed by atoms with Crippen molar-refractivity contribution in [2.24, 2.45) is 0 Å². The molecule has 0 aromatic heterocycles. The van der Waals surface area contributed by atoms with Crippen molar-refractivity contribution in [3.63, 3.8) is 0 Å². The van der Waals surface area contributed by atoms with E-state index >= 15 is 0 Å². The predicted molar refractivity (Wildman–Crippen MR) is 252 cm³/mol. The maximum absolute atomic E-state index is 12.1. The van der Waals surface area contributed by atoms with Crippen molar-refractivity contribution in [3.05, 3.63) is 24.3 Å². The number of carbonyl (C=O) groups is 2. The molecule has 0 aliphatic heterocycles. The van der Waals surface area contributed by atoms with Gasteiger partial charge in [-0.15, -0.1) is 0 Å². The Labute approximate surface area is 370 Å². The minimum atomic E-state index is -4.42. The minimum absolute atomic E-state index is 0.0832. The van der Waals surface area contributed by atoms with Gasteiger partial charge >= 0.3 is 13.8 Å². The smallest absolute Gasteiger partial charge is 0.463 e. The van der Waals surface area contributed by atoms with Crippen LogP contribution in [0.5, 0.6) is 0 Å². The normalized spacial score (nSPS) is 13.3. The second-order valence-corrected chi connectivity index (χ2v) is 18.6.